The highest BCUT2D eigenvalue weighted by Gasteiger charge is 2.09. The Kier molecular flexibility index (Phi) is 6.32. The number of aryl methyl sites for hydroxylation is 1. The zero-order valence-electron chi connectivity index (χ0n) is 10.6. The zero-order chi connectivity index (χ0) is 13.5. The van der Waals surface area contributed by atoms with Crippen LogP contribution in [-0.4, -0.2) is 37.4 Å². The molecule has 1 aromatic rings. The van der Waals surface area contributed by atoms with Gasteiger partial charge >= 0.3 is 0 Å². The Labute approximate surface area is 115 Å². The molecule has 1 aromatic carbocycles. The smallest absolute Gasteiger partial charge is 0.224 e. The summed E-state index contributed by atoms with van der Waals surface area (Å²) < 4.78 is 5.78. The molecule has 0 unspecified atom stereocenters. The van der Waals surface area contributed by atoms with Gasteiger partial charge in [0.1, 0.15) is 0 Å². The summed E-state index contributed by atoms with van der Waals surface area (Å²) in [5.74, 6) is -0.101. The van der Waals surface area contributed by atoms with Crippen molar-refractivity contribution in [2.45, 2.75) is 19.4 Å². The normalized spacial score (nSPS) is 12.2. The SMILES string of the molecule is COC[C@H](O)CNC(=O)Cc1ccc(Br)cc1C. The Hall–Kier alpha value is -0.910. The summed E-state index contributed by atoms with van der Waals surface area (Å²) in [6, 6.07) is 5.81. The van der Waals surface area contributed by atoms with Crippen molar-refractivity contribution in [1.82, 2.24) is 5.32 Å². The van der Waals surface area contributed by atoms with Gasteiger partial charge in [0.15, 0.2) is 0 Å². The number of aliphatic hydroxyl groups is 1. The summed E-state index contributed by atoms with van der Waals surface area (Å²) in [6.45, 7) is 2.40. The van der Waals surface area contributed by atoms with Crippen LogP contribution in [0.3, 0.4) is 0 Å². The third-order valence-corrected chi connectivity index (χ3v) is 3.04. The zero-order valence-corrected chi connectivity index (χ0v) is 12.2. The van der Waals surface area contributed by atoms with E-state index in [-0.39, 0.29) is 19.1 Å². The number of carbonyl (C=O) groups excluding carboxylic acids is 1. The van der Waals surface area contributed by atoms with Crippen LogP contribution in [0.15, 0.2) is 22.7 Å². The fourth-order valence-electron chi connectivity index (χ4n) is 1.58. The Balaban J connectivity index is 2.44. The molecule has 0 aliphatic rings. The van der Waals surface area contributed by atoms with Crippen LogP contribution in [0.2, 0.25) is 0 Å². The molecule has 4 nitrogen and oxygen atoms in total. The van der Waals surface area contributed by atoms with Crippen molar-refractivity contribution in [3.8, 4) is 0 Å². The van der Waals surface area contributed by atoms with Crippen molar-refractivity contribution in [3.63, 3.8) is 0 Å². The van der Waals surface area contributed by atoms with Gasteiger partial charge in [0.05, 0.1) is 19.1 Å². The van der Waals surface area contributed by atoms with Crippen molar-refractivity contribution in [3.05, 3.63) is 33.8 Å². The van der Waals surface area contributed by atoms with Crippen molar-refractivity contribution in [2.24, 2.45) is 0 Å². The van der Waals surface area contributed by atoms with Crippen LogP contribution in [0.4, 0.5) is 0 Å². The van der Waals surface area contributed by atoms with Gasteiger partial charge in [-0.15, -0.1) is 0 Å². The van der Waals surface area contributed by atoms with Gasteiger partial charge in [-0.25, -0.2) is 0 Å². The van der Waals surface area contributed by atoms with E-state index in [9.17, 15) is 9.90 Å². The van der Waals surface area contributed by atoms with Crippen LogP contribution in [0.25, 0.3) is 0 Å². The third kappa shape index (κ3) is 5.16. The minimum Gasteiger partial charge on any atom is -0.389 e. The van der Waals surface area contributed by atoms with Crippen molar-refractivity contribution < 1.29 is 14.6 Å². The molecule has 1 atom stereocenters. The monoisotopic (exact) mass is 315 g/mol. The molecular weight excluding hydrogens is 298 g/mol. The number of methoxy groups -OCH3 is 1. The minimum absolute atomic E-state index is 0.101. The molecule has 1 amide bonds. The molecule has 0 aliphatic carbocycles. The maximum absolute atomic E-state index is 11.7. The number of hydrogen-bond donors (Lipinski definition) is 2. The van der Waals surface area contributed by atoms with Gasteiger partial charge in [-0.1, -0.05) is 22.0 Å². The standard InChI is InChI=1S/C13H18BrNO3/c1-9-5-11(14)4-3-10(9)6-13(17)15-7-12(16)8-18-2/h3-5,12,16H,6-8H2,1-2H3,(H,15,17)/t12-/m1/s1. The highest BCUT2D eigenvalue weighted by molar-refractivity contribution is 9.10. The van der Waals surface area contributed by atoms with E-state index in [1.807, 2.05) is 25.1 Å². The van der Waals surface area contributed by atoms with E-state index >= 15 is 0 Å². The Morgan fingerprint density at radius 1 is 1.56 bits per heavy atom. The first-order chi connectivity index (χ1) is 8.52. The van der Waals surface area contributed by atoms with E-state index in [2.05, 4.69) is 21.2 Å². The topological polar surface area (TPSA) is 58.6 Å². The van der Waals surface area contributed by atoms with Gasteiger partial charge in [0, 0.05) is 18.1 Å². The summed E-state index contributed by atoms with van der Waals surface area (Å²) in [5.41, 5.74) is 2.05. The second-order valence-corrected chi connectivity index (χ2v) is 5.08. The van der Waals surface area contributed by atoms with Crippen molar-refractivity contribution in [2.75, 3.05) is 20.3 Å². The number of aliphatic hydroxyl groups excluding tert-OH is 1. The number of carbonyl (C=O) groups is 1. The number of amides is 1. The van der Waals surface area contributed by atoms with E-state index in [0.717, 1.165) is 15.6 Å². The average molecular weight is 316 g/mol. The molecule has 1 rings (SSSR count). The van der Waals surface area contributed by atoms with Crippen LogP contribution in [0.5, 0.6) is 0 Å². The molecule has 0 aromatic heterocycles. The van der Waals surface area contributed by atoms with E-state index in [1.165, 1.54) is 7.11 Å². The Bertz CT molecular complexity index is 409. The highest BCUT2D eigenvalue weighted by atomic mass is 79.9. The van der Waals surface area contributed by atoms with E-state index in [4.69, 9.17) is 4.74 Å². The van der Waals surface area contributed by atoms with Crippen LogP contribution >= 0.6 is 15.9 Å². The van der Waals surface area contributed by atoms with Gasteiger partial charge in [0.2, 0.25) is 5.91 Å². The molecule has 0 saturated heterocycles. The van der Waals surface area contributed by atoms with E-state index < -0.39 is 6.10 Å². The summed E-state index contributed by atoms with van der Waals surface area (Å²) in [4.78, 5) is 11.7. The summed E-state index contributed by atoms with van der Waals surface area (Å²) in [5, 5.41) is 12.1. The average Bonchev–Trinajstić information content (AvgIpc) is 2.31. The molecule has 0 saturated carbocycles. The van der Waals surface area contributed by atoms with Crippen LogP contribution in [0.1, 0.15) is 11.1 Å². The maximum Gasteiger partial charge on any atom is 0.224 e. The first kappa shape index (κ1) is 15.1. The predicted molar refractivity (Wildman–Crippen MR) is 73.5 cm³/mol. The van der Waals surface area contributed by atoms with Crippen LogP contribution < -0.4 is 5.32 Å². The van der Waals surface area contributed by atoms with Crippen molar-refractivity contribution >= 4 is 21.8 Å². The lowest BCUT2D eigenvalue weighted by molar-refractivity contribution is -0.121. The number of rotatable bonds is 6. The lowest BCUT2D eigenvalue weighted by atomic mass is 10.1. The Morgan fingerprint density at radius 2 is 2.28 bits per heavy atom. The largest absolute Gasteiger partial charge is 0.389 e. The van der Waals surface area contributed by atoms with Crippen molar-refractivity contribution in [1.29, 1.82) is 0 Å². The first-order valence-electron chi connectivity index (χ1n) is 5.71. The van der Waals surface area contributed by atoms with Gasteiger partial charge < -0.3 is 15.2 Å². The summed E-state index contributed by atoms with van der Waals surface area (Å²) >= 11 is 3.38. The van der Waals surface area contributed by atoms with Gasteiger partial charge in [-0.3, -0.25) is 4.79 Å². The lowest BCUT2D eigenvalue weighted by Gasteiger charge is -2.11. The molecule has 2 N–H and O–H groups in total. The predicted octanol–water partition coefficient (Wildman–Crippen LogP) is 1.42. The van der Waals surface area contributed by atoms with Gasteiger partial charge in [-0.2, -0.15) is 0 Å². The van der Waals surface area contributed by atoms with Gasteiger partial charge in [0.25, 0.3) is 0 Å². The molecular formula is C13H18BrNO3. The molecule has 0 fully saturated rings. The molecule has 0 bridgehead atoms. The molecule has 5 heteroatoms. The van der Waals surface area contributed by atoms with E-state index in [1.54, 1.807) is 0 Å². The van der Waals surface area contributed by atoms with Crippen LogP contribution in [0, 0.1) is 6.92 Å². The lowest BCUT2D eigenvalue weighted by Crippen LogP contribution is -2.35. The van der Waals surface area contributed by atoms with E-state index in [0.29, 0.717) is 6.42 Å². The molecule has 18 heavy (non-hydrogen) atoms. The molecule has 0 heterocycles. The minimum atomic E-state index is -0.662. The highest BCUT2D eigenvalue weighted by Crippen LogP contribution is 2.16. The van der Waals surface area contributed by atoms with Crippen LogP contribution in [-0.2, 0) is 16.0 Å². The second-order valence-electron chi connectivity index (χ2n) is 4.16. The number of halogens is 1. The maximum atomic E-state index is 11.7. The summed E-state index contributed by atoms with van der Waals surface area (Å²) in [6.07, 6.45) is -0.344. The molecule has 100 valence electrons. The summed E-state index contributed by atoms with van der Waals surface area (Å²) in [7, 11) is 1.51. The number of ether oxygens (including phenoxy) is 1. The number of nitrogens with one attached hydrogen (secondary N) is 1. The molecule has 0 spiro atoms. The number of benzene rings is 1. The molecule has 0 radical (unpaired) electrons. The fraction of sp³-hybridized carbons (Fsp3) is 0.462. The quantitative estimate of drug-likeness (QED) is 0.835. The third-order valence-electron chi connectivity index (χ3n) is 2.55. The number of hydrogen-bond acceptors (Lipinski definition) is 3. The second kappa shape index (κ2) is 7.51. The first-order valence-corrected chi connectivity index (χ1v) is 6.51. The Morgan fingerprint density at radius 3 is 2.89 bits per heavy atom. The molecule has 0 aliphatic heterocycles. The van der Waals surface area contributed by atoms with Gasteiger partial charge in [-0.05, 0) is 30.2 Å². The fourth-order valence-corrected chi connectivity index (χ4v) is 2.05.